The van der Waals surface area contributed by atoms with Gasteiger partial charge in [0.2, 0.25) is 0 Å². The van der Waals surface area contributed by atoms with Crippen LogP contribution < -0.4 is 0 Å². The van der Waals surface area contributed by atoms with Gasteiger partial charge in [-0.1, -0.05) is 17.2 Å². The lowest BCUT2D eigenvalue weighted by molar-refractivity contribution is -0.0587. The van der Waals surface area contributed by atoms with Crippen molar-refractivity contribution in [3.63, 3.8) is 0 Å². The lowest BCUT2D eigenvalue weighted by atomic mass is 10.1. The number of hydrogen-bond acceptors (Lipinski definition) is 6. The van der Waals surface area contributed by atoms with Gasteiger partial charge in [0, 0.05) is 6.26 Å². The molecule has 0 aromatic heterocycles. The summed E-state index contributed by atoms with van der Waals surface area (Å²) in [6, 6.07) is 8.39. The number of fused-ring (bicyclic) bond motifs is 1. The molecule has 3 rings (SSSR count). The summed E-state index contributed by atoms with van der Waals surface area (Å²) in [6.45, 7) is 0. The normalized spacial score (nSPS) is 13.8. The molecule has 0 radical (unpaired) electrons. The van der Waals surface area contributed by atoms with E-state index in [1.54, 1.807) is 0 Å². The molecule has 0 bridgehead atoms. The number of hydroxylamine groups is 2. The molecule has 0 N–H and O–H groups in total. The SMILES string of the molecule is CS(=O)(=O)c1ccc(F)c(C(=O)ON2C(=O)c3ccccc3C2=O)c1. The van der Waals surface area contributed by atoms with Gasteiger partial charge in [-0.3, -0.25) is 9.59 Å². The van der Waals surface area contributed by atoms with Crippen LogP contribution in [0.15, 0.2) is 47.4 Å². The van der Waals surface area contributed by atoms with Crippen molar-refractivity contribution in [2.75, 3.05) is 6.26 Å². The monoisotopic (exact) mass is 363 g/mol. The van der Waals surface area contributed by atoms with E-state index in [0.717, 1.165) is 24.5 Å². The van der Waals surface area contributed by atoms with Crippen molar-refractivity contribution in [3.8, 4) is 0 Å². The number of benzene rings is 2. The first-order valence-electron chi connectivity index (χ1n) is 6.90. The number of carbonyl (C=O) groups is 3. The molecule has 7 nitrogen and oxygen atoms in total. The van der Waals surface area contributed by atoms with Crippen LogP contribution >= 0.6 is 0 Å². The van der Waals surface area contributed by atoms with Gasteiger partial charge in [0.05, 0.1) is 21.6 Å². The Morgan fingerprint density at radius 3 is 2.12 bits per heavy atom. The summed E-state index contributed by atoms with van der Waals surface area (Å²) < 4.78 is 36.9. The molecular weight excluding hydrogens is 353 g/mol. The van der Waals surface area contributed by atoms with E-state index in [2.05, 4.69) is 0 Å². The van der Waals surface area contributed by atoms with Crippen molar-refractivity contribution in [1.29, 1.82) is 0 Å². The van der Waals surface area contributed by atoms with Crippen LogP contribution in [0.3, 0.4) is 0 Å². The first-order chi connectivity index (χ1) is 11.7. The third kappa shape index (κ3) is 2.89. The minimum Gasteiger partial charge on any atom is -0.324 e. The molecule has 0 aliphatic carbocycles. The summed E-state index contributed by atoms with van der Waals surface area (Å²) in [4.78, 5) is 40.8. The maximum atomic E-state index is 13.9. The molecule has 2 amide bonds. The second-order valence-corrected chi connectivity index (χ2v) is 7.26. The number of nitrogens with zero attached hydrogens (tertiary/aromatic N) is 1. The highest BCUT2D eigenvalue weighted by Crippen LogP contribution is 2.24. The zero-order chi connectivity index (χ0) is 18.4. The Morgan fingerprint density at radius 2 is 1.60 bits per heavy atom. The molecule has 2 aromatic rings. The highest BCUT2D eigenvalue weighted by atomic mass is 32.2. The highest BCUT2D eigenvalue weighted by Gasteiger charge is 2.39. The number of halogens is 1. The van der Waals surface area contributed by atoms with Gasteiger partial charge in [-0.25, -0.2) is 17.6 Å². The average Bonchev–Trinajstić information content (AvgIpc) is 2.79. The Labute approximate surface area is 141 Å². The van der Waals surface area contributed by atoms with Crippen molar-refractivity contribution in [2.45, 2.75) is 4.90 Å². The molecule has 1 aliphatic heterocycles. The van der Waals surface area contributed by atoms with E-state index in [1.807, 2.05) is 0 Å². The minimum atomic E-state index is -3.69. The van der Waals surface area contributed by atoms with Crippen LogP contribution in [0.1, 0.15) is 31.1 Å². The highest BCUT2D eigenvalue weighted by molar-refractivity contribution is 7.90. The molecule has 128 valence electrons. The van der Waals surface area contributed by atoms with Crippen LogP contribution in [0.4, 0.5) is 4.39 Å². The Kier molecular flexibility index (Phi) is 3.88. The summed E-state index contributed by atoms with van der Waals surface area (Å²) in [5.74, 6) is -4.14. The van der Waals surface area contributed by atoms with Crippen LogP contribution in [0.25, 0.3) is 0 Å². The summed E-state index contributed by atoms with van der Waals surface area (Å²) >= 11 is 0. The van der Waals surface area contributed by atoms with Crippen molar-refractivity contribution >= 4 is 27.6 Å². The molecule has 0 fully saturated rings. The number of rotatable bonds is 3. The average molecular weight is 363 g/mol. The molecule has 25 heavy (non-hydrogen) atoms. The fourth-order valence-corrected chi connectivity index (χ4v) is 2.92. The maximum absolute atomic E-state index is 13.9. The molecule has 0 spiro atoms. The van der Waals surface area contributed by atoms with Gasteiger partial charge in [0.15, 0.2) is 9.84 Å². The zero-order valence-electron chi connectivity index (χ0n) is 12.7. The maximum Gasteiger partial charge on any atom is 0.366 e. The van der Waals surface area contributed by atoms with Crippen molar-refractivity contribution in [3.05, 3.63) is 65.0 Å². The predicted octanol–water partition coefficient (Wildman–Crippen LogP) is 1.60. The Hall–Kier alpha value is -3.07. The Morgan fingerprint density at radius 1 is 1.04 bits per heavy atom. The van der Waals surface area contributed by atoms with E-state index >= 15 is 0 Å². The standard InChI is InChI=1S/C16H10FNO6S/c1-25(22,23)9-6-7-13(17)12(8-9)16(21)24-18-14(19)10-4-2-3-5-11(10)15(18)20/h2-8H,1H3. The summed E-state index contributed by atoms with van der Waals surface area (Å²) in [6.07, 6.45) is 0.888. The van der Waals surface area contributed by atoms with E-state index in [4.69, 9.17) is 4.84 Å². The molecule has 1 heterocycles. The minimum absolute atomic E-state index is 0.0469. The second-order valence-electron chi connectivity index (χ2n) is 5.24. The van der Waals surface area contributed by atoms with Crippen molar-refractivity contribution in [1.82, 2.24) is 5.06 Å². The van der Waals surface area contributed by atoms with Gasteiger partial charge in [-0.2, -0.15) is 0 Å². The summed E-state index contributed by atoms with van der Waals surface area (Å²) in [5, 5.41) is 0.222. The van der Waals surface area contributed by atoms with Crippen molar-refractivity contribution < 1.29 is 32.0 Å². The fraction of sp³-hybridized carbons (Fsp3) is 0.0625. The number of carbonyl (C=O) groups excluding carboxylic acids is 3. The third-order valence-electron chi connectivity index (χ3n) is 3.52. The number of sulfone groups is 1. The number of amides is 2. The van der Waals surface area contributed by atoms with E-state index < -0.39 is 39.0 Å². The molecule has 0 unspecified atom stereocenters. The third-order valence-corrected chi connectivity index (χ3v) is 4.63. The molecule has 0 saturated carbocycles. The van der Waals surface area contributed by atoms with Gasteiger partial charge in [-0.05, 0) is 30.3 Å². The van der Waals surface area contributed by atoms with Crippen LogP contribution in [-0.4, -0.2) is 37.5 Å². The molecule has 0 saturated heterocycles. The van der Waals surface area contributed by atoms with E-state index in [-0.39, 0.29) is 21.1 Å². The lowest BCUT2D eigenvalue weighted by Gasteiger charge is -2.13. The van der Waals surface area contributed by atoms with Gasteiger partial charge >= 0.3 is 5.97 Å². The van der Waals surface area contributed by atoms with Gasteiger partial charge in [-0.15, -0.1) is 0 Å². The summed E-state index contributed by atoms with van der Waals surface area (Å²) in [7, 11) is -3.69. The van der Waals surface area contributed by atoms with E-state index in [9.17, 15) is 27.2 Å². The van der Waals surface area contributed by atoms with E-state index in [0.29, 0.717) is 0 Å². The molecule has 9 heteroatoms. The van der Waals surface area contributed by atoms with Crippen molar-refractivity contribution in [2.24, 2.45) is 0 Å². The quantitative estimate of drug-likeness (QED) is 0.607. The predicted molar refractivity (Wildman–Crippen MR) is 81.9 cm³/mol. The molecule has 2 aromatic carbocycles. The van der Waals surface area contributed by atoms with Crippen LogP contribution in [-0.2, 0) is 14.7 Å². The van der Waals surface area contributed by atoms with Gasteiger partial charge < -0.3 is 4.84 Å². The molecule has 1 aliphatic rings. The lowest BCUT2D eigenvalue weighted by Crippen LogP contribution is -2.33. The smallest absolute Gasteiger partial charge is 0.324 e. The Bertz CT molecular complexity index is 996. The van der Waals surface area contributed by atoms with Gasteiger partial charge in [0.1, 0.15) is 5.82 Å². The Balaban J connectivity index is 1.92. The topological polar surface area (TPSA) is 97.8 Å². The fourth-order valence-electron chi connectivity index (χ4n) is 2.27. The van der Waals surface area contributed by atoms with Gasteiger partial charge in [0.25, 0.3) is 11.8 Å². The molecular formula is C16H10FNO6S. The van der Waals surface area contributed by atoms with Crippen LogP contribution in [0, 0.1) is 5.82 Å². The van der Waals surface area contributed by atoms with Crippen LogP contribution in [0.2, 0.25) is 0 Å². The summed E-state index contributed by atoms with van der Waals surface area (Å²) in [5.41, 5.74) is -0.615. The largest absolute Gasteiger partial charge is 0.366 e. The number of hydrogen-bond donors (Lipinski definition) is 0. The second kappa shape index (κ2) is 5.78. The van der Waals surface area contributed by atoms with Crippen LogP contribution in [0.5, 0.6) is 0 Å². The first kappa shape index (κ1) is 16.8. The molecule has 0 atom stereocenters. The zero-order valence-corrected chi connectivity index (χ0v) is 13.5. The first-order valence-corrected chi connectivity index (χ1v) is 8.79. The number of imide groups is 1. The van der Waals surface area contributed by atoms with E-state index in [1.165, 1.54) is 24.3 Å².